The van der Waals surface area contributed by atoms with E-state index in [0.29, 0.717) is 68.4 Å². The van der Waals surface area contributed by atoms with Gasteiger partial charge in [0.1, 0.15) is 30.1 Å². The SMILES string of the molecule is CCC1C=C(C)CC(C)CC(OC)C2OC(O)(C(=O)C(=O)N3CCCCC3C(=O)OC(C(C)=CC3CCC(O)C(Oc4ccc5cc(C(C)(C)C)ccc5c4O[Si](C)C)C3)C(C)C(O)CC1=O)C(C)CC2OC. The van der Waals surface area contributed by atoms with E-state index in [1.165, 1.54) is 24.7 Å². The number of methoxy groups -OCH3 is 2. The zero-order valence-electron chi connectivity index (χ0n) is 45.9. The minimum atomic E-state index is -2.53. The molecule has 3 fully saturated rings. The molecule has 15 heteroatoms. The van der Waals surface area contributed by atoms with Gasteiger partial charge in [0.25, 0.3) is 20.7 Å². The smallest absolute Gasteiger partial charge is 0.329 e. The fourth-order valence-electron chi connectivity index (χ4n) is 11.6. The van der Waals surface area contributed by atoms with Gasteiger partial charge in [0, 0.05) is 50.3 Å². The first-order chi connectivity index (χ1) is 34.4. The van der Waals surface area contributed by atoms with Crippen LogP contribution in [0, 0.1) is 29.6 Å². The van der Waals surface area contributed by atoms with Crippen molar-refractivity contribution >= 4 is 43.3 Å². The third-order valence-electron chi connectivity index (χ3n) is 16.0. The summed E-state index contributed by atoms with van der Waals surface area (Å²) in [5, 5.41) is 37.6. The molecule has 73 heavy (non-hydrogen) atoms. The van der Waals surface area contributed by atoms with Crippen molar-refractivity contribution < 1.29 is 62.6 Å². The van der Waals surface area contributed by atoms with Crippen molar-refractivity contribution in [3.8, 4) is 11.5 Å². The number of amides is 1. The van der Waals surface area contributed by atoms with E-state index in [1.54, 1.807) is 13.8 Å². The van der Waals surface area contributed by atoms with E-state index in [4.69, 9.17) is 28.1 Å². The Bertz CT molecular complexity index is 2320. The molecule has 0 spiro atoms. The molecule has 1 saturated carbocycles. The second-order valence-corrected chi connectivity index (χ2v) is 25.1. The Balaban J connectivity index is 1.33. The van der Waals surface area contributed by atoms with Crippen LogP contribution in [0.25, 0.3) is 10.8 Å². The molecule has 14 nitrogen and oxygen atoms in total. The number of ketones is 2. The Morgan fingerprint density at radius 3 is 2.26 bits per heavy atom. The molecule has 0 aromatic heterocycles. The summed E-state index contributed by atoms with van der Waals surface area (Å²) < 4.78 is 37.8. The lowest BCUT2D eigenvalue weighted by molar-refractivity contribution is -0.302. The lowest BCUT2D eigenvalue weighted by Gasteiger charge is -2.47. The summed E-state index contributed by atoms with van der Waals surface area (Å²) >= 11 is 0. The van der Waals surface area contributed by atoms with E-state index in [-0.39, 0.29) is 48.8 Å². The number of ether oxygens (including phenoxy) is 5. The highest BCUT2D eigenvalue weighted by atomic mass is 28.3. The first-order valence-corrected chi connectivity index (χ1v) is 29.3. The van der Waals surface area contributed by atoms with Gasteiger partial charge >= 0.3 is 5.97 Å². The second-order valence-electron chi connectivity index (χ2n) is 23.1. The van der Waals surface area contributed by atoms with Crippen LogP contribution in [0.4, 0.5) is 0 Å². The molecule has 1 aliphatic carbocycles. The lowest BCUT2D eigenvalue weighted by atomic mass is 9.81. The summed E-state index contributed by atoms with van der Waals surface area (Å²) in [4.78, 5) is 58.9. The summed E-state index contributed by atoms with van der Waals surface area (Å²) in [5.74, 6) is -6.66. The molecule has 2 saturated heterocycles. The molecule has 1 radical (unpaired) electrons. The van der Waals surface area contributed by atoms with Crippen LogP contribution < -0.4 is 9.16 Å². The van der Waals surface area contributed by atoms with Crippen molar-refractivity contribution in [1.29, 1.82) is 0 Å². The van der Waals surface area contributed by atoms with E-state index in [2.05, 4.69) is 59.0 Å². The minimum Gasteiger partial charge on any atom is -0.540 e. The van der Waals surface area contributed by atoms with E-state index < -0.39 is 99.0 Å². The maximum atomic E-state index is 14.7. The molecule has 14 atom stereocenters. The Hall–Kier alpha value is -3.96. The summed E-state index contributed by atoms with van der Waals surface area (Å²) in [7, 11) is 1.86. The van der Waals surface area contributed by atoms with Gasteiger partial charge in [0.2, 0.25) is 5.79 Å². The van der Waals surface area contributed by atoms with Crippen LogP contribution >= 0.6 is 0 Å². The Labute approximate surface area is 436 Å². The van der Waals surface area contributed by atoms with Crippen molar-refractivity contribution in [3.05, 3.63) is 59.2 Å². The molecule has 3 heterocycles. The minimum absolute atomic E-state index is 0.0137. The van der Waals surface area contributed by atoms with Crippen molar-refractivity contribution in [2.45, 2.75) is 206 Å². The standard InChI is InChI=1S/C58H86NO13Si/c1-14-39-26-33(2)25-34(3)27-49(67-10)53-50(68-11)29-36(5)58(66,71-53)54(63)55(64)59-24-16-15-17-43(59)56(65)70-51(37(6)45(61)32-46(39)62)35(4)28-38-18-22-44(60)48(30-38)69-47-23-19-40-31-41(57(7,8)9)20-21-42(40)52(47)72-73(12)13/h19-21,23,26,28,31,34,36-39,43-45,48-51,53,60-61,66H,14-18,22,24-25,27,29-30,32H2,1-13H3. The van der Waals surface area contributed by atoms with Gasteiger partial charge in [0.15, 0.2) is 11.5 Å². The highest BCUT2D eigenvalue weighted by molar-refractivity contribution is 6.49. The highest BCUT2D eigenvalue weighted by Gasteiger charge is 2.56. The summed E-state index contributed by atoms with van der Waals surface area (Å²) in [6.07, 6.45) is 2.67. The van der Waals surface area contributed by atoms with E-state index in [0.717, 1.165) is 16.3 Å². The van der Waals surface area contributed by atoms with Gasteiger partial charge in [-0.3, -0.25) is 14.4 Å². The average Bonchev–Trinajstić information content (AvgIpc) is 3.34. The first-order valence-electron chi connectivity index (χ1n) is 26.9. The number of carbonyl (C=O) groups is 4. The van der Waals surface area contributed by atoms with Gasteiger partial charge < -0.3 is 48.3 Å². The van der Waals surface area contributed by atoms with E-state index in [9.17, 15) is 34.5 Å². The maximum Gasteiger partial charge on any atom is 0.329 e. The van der Waals surface area contributed by atoms with Gasteiger partial charge in [-0.2, -0.15) is 0 Å². The summed E-state index contributed by atoms with van der Waals surface area (Å²) in [6.45, 7) is 22.0. The molecule has 14 unspecified atom stereocenters. The van der Waals surface area contributed by atoms with Gasteiger partial charge in [-0.1, -0.05) is 90.5 Å². The molecule has 2 aromatic carbocycles. The Morgan fingerprint density at radius 2 is 1.60 bits per heavy atom. The molecule has 1 amide bonds. The van der Waals surface area contributed by atoms with Gasteiger partial charge in [-0.25, -0.2) is 4.79 Å². The van der Waals surface area contributed by atoms with Crippen molar-refractivity contribution in [1.82, 2.24) is 4.90 Å². The molecular formula is C58H86NO13Si. The number of benzene rings is 2. The van der Waals surface area contributed by atoms with Crippen molar-refractivity contribution in [2.24, 2.45) is 29.6 Å². The number of allylic oxidation sites excluding steroid dienone is 3. The Morgan fingerprint density at radius 1 is 0.904 bits per heavy atom. The number of Topliss-reactive ketones (excluding diaryl/α,β-unsaturated/α-hetero) is 2. The number of fused-ring (bicyclic) bond motifs is 4. The molecule has 3 N–H and O–H groups in total. The number of hydrogen-bond acceptors (Lipinski definition) is 13. The van der Waals surface area contributed by atoms with Crippen LogP contribution in [0.5, 0.6) is 11.5 Å². The summed E-state index contributed by atoms with van der Waals surface area (Å²) in [6, 6.07) is 9.17. The molecular weight excluding hydrogens is 947 g/mol. The highest BCUT2D eigenvalue weighted by Crippen LogP contribution is 2.42. The van der Waals surface area contributed by atoms with Gasteiger partial charge in [-0.05, 0) is 131 Å². The molecule has 3 aliphatic heterocycles. The maximum absolute atomic E-state index is 14.7. The van der Waals surface area contributed by atoms with Crippen molar-refractivity contribution in [3.63, 3.8) is 0 Å². The molecule has 405 valence electrons. The number of nitrogens with zero attached hydrogens (tertiary/aromatic N) is 1. The number of rotatable bonds is 9. The largest absolute Gasteiger partial charge is 0.540 e. The average molecular weight is 1030 g/mol. The van der Waals surface area contributed by atoms with Crippen LogP contribution in [-0.2, 0) is 43.5 Å². The van der Waals surface area contributed by atoms with Crippen molar-refractivity contribution in [2.75, 3.05) is 20.8 Å². The number of aliphatic hydroxyl groups excluding tert-OH is 2. The van der Waals surface area contributed by atoms with Gasteiger partial charge in [0.05, 0.1) is 24.4 Å². The number of hydrogen-bond donors (Lipinski definition) is 3. The second kappa shape index (κ2) is 24.8. The number of aliphatic hydroxyl groups is 3. The quantitative estimate of drug-likeness (QED) is 0.0936. The van der Waals surface area contributed by atoms with Gasteiger partial charge in [-0.15, -0.1) is 0 Å². The third-order valence-corrected chi connectivity index (χ3v) is 16.6. The van der Waals surface area contributed by atoms with E-state index in [1.807, 2.05) is 45.1 Å². The fourth-order valence-corrected chi connectivity index (χ4v) is 12.2. The van der Waals surface area contributed by atoms with Crippen LogP contribution in [0.3, 0.4) is 0 Å². The number of piperidine rings is 1. The molecule has 4 aliphatic rings. The predicted molar refractivity (Wildman–Crippen MR) is 282 cm³/mol. The molecule has 6 rings (SSSR count). The normalized spacial score (nSPS) is 34.2. The van der Waals surface area contributed by atoms with Crippen LogP contribution in [0.2, 0.25) is 13.1 Å². The van der Waals surface area contributed by atoms with E-state index >= 15 is 0 Å². The molecule has 2 aromatic rings. The zero-order valence-corrected chi connectivity index (χ0v) is 46.9. The number of carbonyl (C=O) groups excluding carboxylic acids is 4. The number of cyclic esters (lactones) is 1. The fraction of sp³-hybridized carbons (Fsp3) is 0.690. The topological polar surface area (TPSA) is 188 Å². The third kappa shape index (κ3) is 13.7. The van der Waals surface area contributed by atoms with Crippen LogP contribution in [0.1, 0.15) is 139 Å². The molecule has 2 bridgehead atoms. The summed E-state index contributed by atoms with van der Waals surface area (Å²) in [5.41, 5.74) is 2.78. The van der Waals surface area contributed by atoms with Crippen LogP contribution in [-0.4, -0.2) is 128 Å². The zero-order chi connectivity index (χ0) is 53.7. The Kier molecular flexibility index (Phi) is 19.8. The lowest BCUT2D eigenvalue weighted by Crippen LogP contribution is -2.64. The monoisotopic (exact) mass is 1030 g/mol. The van der Waals surface area contributed by atoms with Crippen LogP contribution in [0.15, 0.2) is 53.6 Å². The predicted octanol–water partition coefficient (Wildman–Crippen LogP) is 8.99. The number of esters is 1. The first kappa shape index (κ1) is 58.3.